The Balaban J connectivity index is 1.89. The number of hydrogen-bond donors (Lipinski definition) is 1. The maximum Gasteiger partial charge on any atom is 0.0822 e. The molecule has 17 heavy (non-hydrogen) atoms. The summed E-state index contributed by atoms with van der Waals surface area (Å²) in [5.41, 5.74) is 1.04. The number of piperidine rings is 1. The molecule has 1 fully saturated rings. The molecule has 0 aromatic carbocycles. The van der Waals surface area contributed by atoms with Crippen LogP contribution in [0.1, 0.15) is 12.8 Å². The van der Waals surface area contributed by atoms with E-state index in [1.54, 1.807) is 12.4 Å². The van der Waals surface area contributed by atoms with Crippen molar-refractivity contribution in [3.8, 4) is 0 Å². The van der Waals surface area contributed by atoms with Gasteiger partial charge in [0.25, 0.3) is 0 Å². The van der Waals surface area contributed by atoms with Gasteiger partial charge in [-0.25, -0.2) is 0 Å². The average Bonchev–Trinajstić information content (AvgIpc) is 2.38. The van der Waals surface area contributed by atoms with Crippen molar-refractivity contribution in [3.63, 3.8) is 0 Å². The van der Waals surface area contributed by atoms with Crippen molar-refractivity contribution in [1.29, 1.82) is 0 Å². The monoisotopic (exact) mass is 256 g/mol. The van der Waals surface area contributed by atoms with E-state index in [1.807, 2.05) is 6.07 Å². The molecule has 0 bridgehead atoms. The van der Waals surface area contributed by atoms with Crippen LogP contribution in [-0.4, -0.2) is 42.5 Å². The van der Waals surface area contributed by atoms with Crippen LogP contribution in [0.4, 0.5) is 5.69 Å². The molecule has 1 aromatic rings. The van der Waals surface area contributed by atoms with Crippen molar-refractivity contribution in [3.05, 3.63) is 23.5 Å². The molecule has 0 spiro atoms. The van der Waals surface area contributed by atoms with E-state index in [4.69, 9.17) is 21.4 Å². The van der Waals surface area contributed by atoms with E-state index >= 15 is 0 Å². The fourth-order valence-corrected chi connectivity index (χ4v) is 2.35. The van der Waals surface area contributed by atoms with Gasteiger partial charge in [-0.05, 0) is 18.9 Å². The third-order valence-electron chi connectivity index (χ3n) is 2.98. The highest BCUT2D eigenvalue weighted by Gasteiger charge is 2.20. The lowest BCUT2D eigenvalue weighted by Gasteiger charge is -2.33. The topological polar surface area (TPSA) is 45.6 Å². The van der Waals surface area contributed by atoms with Crippen molar-refractivity contribution in [1.82, 2.24) is 4.98 Å². The zero-order valence-corrected chi connectivity index (χ0v) is 10.4. The highest BCUT2D eigenvalue weighted by Crippen LogP contribution is 2.27. The van der Waals surface area contributed by atoms with Gasteiger partial charge in [0.1, 0.15) is 0 Å². The average molecular weight is 257 g/mol. The van der Waals surface area contributed by atoms with E-state index in [0.717, 1.165) is 31.6 Å². The van der Waals surface area contributed by atoms with Crippen molar-refractivity contribution in [2.75, 3.05) is 31.2 Å². The number of aliphatic hydroxyl groups excluding tert-OH is 1. The summed E-state index contributed by atoms with van der Waals surface area (Å²) in [6, 6.07) is 1.94. The molecule has 5 heteroatoms. The zero-order chi connectivity index (χ0) is 12.1. The van der Waals surface area contributed by atoms with Crippen molar-refractivity contribution in [2.24, 2.45) is 0 Å². The minimum absolute atomic E-state index is 0.0936. The molecule has 0 amide bonds. The maximum absolute atomic E-state index is 8.70. The molecule has 1 aromatic heterocycles. The van der Waals surface area contributed by atoms with Crippen LogP contribution in [0.25, 0.3) is 0 Å². The molecule has 0 atom stereocenters. The summed E-state index contributed by atoms with van der Waals surface area (Å²) in [4.78, 5) is 6.24. The molecule has 4 nitrogen and oxygen atoms in total. The van der Waals surface area contributed by atoms with E-state index in [0.29, 0.717) is 11.6 Å². The highest BCUT2D eigenvalue weighted by molar-refractivity contribution is 6.33. The number of aromatic nitrogens is 1. The van der Waals surface area contributed by atoms with Crippen LogP contribution in [-0.2, 0) is 4.74 Å². The zero-order valence-electron chi connectivity index (χ0n) is 9.68. The molecule has 2 rings (SSSR count). The van der Waals surface area contributed by atoms with Gasteiger partial charge in [-0.3, -0.25) is 4.98 Å². The van der Waals surface area contributed by atoms with Gasteiger partial charge in [0.15, 0.2) is 0 Å². The second kappa shape index (κ2) is 6.19. The van der Waals surface area contributed by atoms with Crippen LogP contribution in [0.5, 0.6) is 0 Å². The first kappa shape index (κ1) is 12.6. The van der Waals surface area contributed by atoms with Crippen molar-refractivity contribution < 1.29 is 9.84 Å². The quantitative estimate of drug-likeness (QED) is 0.891. The lowest BCUT2D eigenvalue weighted by Crippen LogP contribution is -2.37. The van der Waals surface area contributed by atoms with Gasteiger partial charge in [0, 0.05) is 25.5 Å². The summed E-state index contributed by atoms with van der Waals surface area (Å²) in [6.07, 6.45) is 5.64. The molecule has 0 saturated carbocycles. The second-order valence-corrected chi connectivity index (χ2v) is 4.52. The van der Waals surface area contributed by atoms with Crippen molar-refractivity contribution >= 4 is 17.3 Å². The Labute approximate surface area is 106 Å². The summed E-state index contributed by atoms with van der Waals surface area (Å²) < 4.78 is 5.52. The minimum atomic E-state index is 0.0936. The maximum atomic E-state index is 8.70. The third kappa shape index (κ3) is 3.31. The molecular weight excluding hydrogens is 240 g/mol. The van der Waals surface area contributed by atoms with E-state index < -0.39 is 0 Å². The number of ether oxygens (including phenoxy) is 1. The Hall–Kier alpha value is -0.840. The summed E-state index contributed by atoms with van der Waals surface area (Å²) in [5.74, 6) is 0. The standard InChI is InChI=1S/C12H17ClN2O2/c13-11-9-14-4-1-12(11)15-5-2-10(3-6-15)17-8-7-16/h1,4,9-10,16H,2-3,5-8H2. The molecule has 0 unspecified atom stereocenters. The first-order valence-corrected chi connectivity index (χ1v) is 6.26. The number of halogens is 1. The van der Waals surface area contributed by atoms with E-state index in [9.17, 15) is 0 Å². The fraction of sp³-hybridized carbons (Fsp3) is 0.583. The van der Waals surface area contributed by atoms with Gasteiger partial charge in [-0.1, -0.05) is 11.6 Å². The van der Waals surface area contributed by atoms with Gasteiger partial charge < -0.3 is 14.7 Å². The molecule has 2 heterocycles. The second-order valence-electron chi connectivity index (χ2n) is 4.11. The summed E-state index contributed by atoms with van der Waals surface area (Å²) in [5, 5.41) is 9.40. The van der Waals surface area contributed by atoms with E-state index in [-0.39, 0.29) is 12.7 Å². The number of anilines is 1. The first-order valence-electron chi connectivity index (χ1n) is 5.88. The predicted molar refractivity (Wildman–Crippen MR) is 67.5 cm³/mol. The Morgan fingerprint density at radius 3 is 2.88 bits per heavy atom. The van der Waals surface area contributed by atoms with E-state index in [1.165, 1.54) is 0 Å². The van der Waals surface area contributed by atoms with Crippen LogP contribution >= 0.6 is 11.6 Å². The molecule has 0 radical (unpaired) electrons. The van der Waals surface area contributed by atoms with Gasteiger partial charge in [-0.15, -0.1) is 0 Å². The molecule has 94 valence electrons. The van der Waals surface area contributed by atoms with Gasteiger partial charge >= 0.3 is 0 Å². The molecule has 0 aliphatic carbocycles. The Morgan fingerprint density at radius 1 is 1.47 bits per heavy atom. The SMILES string of the molecule is OCCOC1CCN(c2ccncc2Cl)CC1. The Bertz CT molecular complexity index is 354. The van der Waals surface area contributed by atoms with Gasteiger partial charge in [0.05, 0.1) is 30.0 Å². The normalized spacial score (nSPS) is 17.4. The third-order valence-corrected chi connectivity index (χ3v) is 3.27. The molecule has 1 aliphatic heterocycles. The number of pyridine rings is 1. The Morgan fingerprint density at radius 2 is 2.24 bits per heavy atom. The van der Waals surface area contributed by atoms with Gasteiger partial charge in [-0.2, -0.15) is 0 Å². The lowest BCUT2D eigenvalue weighted by atomic mass is 10.1. The summed E-state index contributed by atoms with van der Waals surface area (Å²) >= 11 is 6.11. The highest BCUT2D eigenvalue weighted by atomic mass is 35.5. The number of aliphatic hydroxyl groups is 1. The predicted octanol–water partition coefficient (Wildman–Crippen LogP) is 1.71. The first-order chi connectivity index (χ1) is 8.31. The Kier molecular flexibility index (Phi) is 4.59. The van der Waals surface area contributed by atoms with Crippen LogP contribution in [0.15, 0.2) is 18.5 Å². The summed E-state index contributed by atoms with van der Waals surface area (Å²) in [6.45, 7) is 2.39. The molecule has 1 N–H and O–H groups in total. The number of nitrogens with zero attached hydrogens (tertiary/aromatic N) is 2. The number of rotatable bonds is 4. The van der Waals surface area contributed by atoms with Crippen LogP contribution in [0.2, 0.25) is 5.02 Å². The van der Waals surface area contributed by atoms with Crippen LogP contribution < -0.4 is 4.90 Å². The summed E-state index contributed by atoms with van der Waals surface area (Å²) in [7, 11) is 0. The molecular formula is C12H17ClN2O2. The minimum Gasteiger partial charge on any atom is -0.394 e. The smallest absolute Gasteiger partial charge is 0.0822 e. The fourth-order valence-electron chi connectivity index (χ4n) is 2.11. The largest absolute Gasteiger partial charge is 0.394 e. The van der Waals surface area contributed by atoms with Crippen LogP contribution in [0.3, 0.4) is 0 Å². The lowest BCUT2D eigenvalue weighted by molar-refractivity contribution is 0.0159. The molecule has 1 aliphatic rings. The van der Waals surface area contributed by atoms with Crippen molar-refractivity contribution in [2.45, 2.75) is 18.9 Å². The number of hydrogen-bond acceptors (Lipinski definition) is 4. The van der Waals surface area contributed by atoms with Gasteiger partial charge in [0.2, 0.25) is 0 Å². The van der Waals surface area contributed by atoms with Crippen LogP contribution in [0, 0.1) is 0 Å². The molecule has 1 saturated heterocycles. The van der Waals surface area contributed by atoms with E-state index in [2.05, 4.69) is 9.88 Å².